The molecule has 1 aromatic heterocycles. The molecule has 2 rings (SSSR count). The molecular formula is C13H18FN3O. The number of hydrogen-bond donors (Lipinski definition) is 1. The average molecular weight is 251 g/mol. The van der Waals surface area contributed by atoms with Gasteiger partial charge in [0.05, 0.1) is 5.56 Å². The Bertz CT molecular complexity index is 424. The molecule has 1 amide bonds. The molecule has 1 atom stereocenters. The second-order valence-corrected chi connectivity index (χ2v) is 4.60. The smallest absolute Gasteiger partial charge is 0.255 e. The predicted octanol–water partition coefficient (Wildman–Crippen LogP) is 1.29. The molecule has 1 aliphatic heterocycles. The van der Waals surface area contributed by atoms with Gasteiger partial charge in [-0.1, -0.05) is 6.92 Å². The van der Waals surface area contributed by atoms with Crippen LogP contribution in [0.25, 0.3) is 0 Å². The minimum absolute atomic E-state index is 0.0165. The molecule has 1 aliphatic rings. The molecule has 0 radical (unpaired) electrons. The predicted molar refractivity (Wildman–Crippen MR) is 66.7 cm³/mol. The van der Waals surface area contributed by atoms with Crippen LogP contribution in [0.2, 0.25) is 0 Å². The molecule has 2 heterocycles. The van der Waals surface area contributed by atoms with Gasteiger partial charge < -0.3 is 10.2 Å². The van der Waals surface area contributed by atoms with Crippen LogP contribution in [-0.4, -0.2) is 42.0 Å². The highest BCUT2D eigenvalue weighted by molar-refractivity contribution is 5.94. The number of carbonyl (C=O) groups is 1. The third-order valence-corrected chi connectivity index (χ3v) is 3.37. The Morgan fingerprint density at radius 1 is 1.67 bits per heavy atom. The van der Waals surface area contributed by atoms with Crippen LogP contribution in [0.1, 0.15) is 23.7 Å². The standard InChI is InChI=1S/C13H18FN3O/c1-2-17-7-5-10(9-17)8-16-13(18)11-4-3-6-15-12(11)14/h3-4,6,10H,2,5,7-9H2,1H3,(H,16,18). The van der Waals surface area contributed by atoms with Crippen molar-refractivity contribution >= 4 is 5.91 Å². The van der Waals surface area contributed by atoms with Crippen LogP contribution in [0.4, 0.5) is 4.39 Å². The monoisotopic (exact) mass is 251 g/mol. The van der Waals surface area contributed by atoms with Crippen molar-refractivity contribution in [2.75, 3.05) is 26.2 Å². The van der Waals surface area contributed by atoms with Gasteiger partial charge in [0.25, 0.3) is 5.91 Å². The summed E-state index contributed by atoms with van der Waals surface area (Å²) >= 11 is 0. The van der Waals surface area contributed by atoms with Gasteiger partial charge >= 0.3 is 0 Å². The highest BCUT2D eigenvalue weighted by Gasteiger charge is 2.22. The van der Waals surface area contributed by atoms with E-state index in [2.05, 4.69) is 22.1 Å². The minimum Gasteiger partial charge on any atom is -0.352 e. The molecule has 4 nitrogen and oxygen atoms in total. The lowest BCUT2D eigenvalue weighted by atomic mass is 10.1. The lowest BCUT2D eigenvalue weighted by molar-refractivity contribution is 0.0942. The molecule has 1 unspecified atom stereocenters. The van der Waals surface area contributed by atoms with Crippen molar-refractivity contribution in [2.45, 2.75) is 13.3 Å². The second-order valence-electron chi connectivity index (χ2n) is 4.60. The van der Waals surface area contributed by atoms with Crippen LogP contribution in [0.15, 0.2) is 18.3 Å². The van der Waals surface area contributed by atoms with Crippen LogP contribution < -0.4 is 5.32 Å². The Labute approximate surface area is 106 Å². The first-order valence-electron chi connectivity index (χ1n) is 6.31. The fourth-order valence-electron chi connectivity index (χ4n) is 2.25. The van der Waals surface area contributed by atoms with Crippen LogP contribution in [0.5, 0.6) is 0 Å². The zero-order chi connectivity index (χ0) is 13.0. The third-order valence-electron chi connectivity index (χ3n) is 3.37. The maximum atomic E-state index is 13.3. The molecule has 1 saturated heterocycles. The van der Waals surface area contributed by atoms with E-state index >= 15 is 0 Å². The van der Waals surface area contributed by atoms with E-state index in [1.54, 1.807) is 6.07 Å². The Morgan fingerprint density at radius 2 is 2.50 bits per heavy atom. The summed E-state index contributed by atoms with van der Waals surface area (Å²) < 4.78 is 13.3. The van der Waals surface area contributed by atoms with Crippen LogP contribution in [0, 0.1) is 11.9 Å². The highest BCUT2D eigenvalue weighted by atomic mass is 19.1. The summed E-state index contributed by atoms with van der Waals surface area (Å²) in [5.74, 6) is -0.624. The molecule has 5 heteroatoms. The average Bonchev–Trinajstić information content (AvgIpc) is 2.84. The molecule has 0 aromatic carbocycles. The summed E-state index contributed by atoms with van der Waals surface area (Å²) in [4.78, 5) is 17.6. The number of nitrogens with one attached hydrogen (secondary N) is 1. The maximum absolute atomic E-state index is 13.3. The number of pyridine rings is 1. The van der Waals surface area contributed by atoms with E-state index in [1.807, 2.05) is 0 Å². The van der Waals surface area contributed by atoms with Gasteiger partial charge in [0.2, 0.25) is 5.95 Å². The number of nitrogens with zero attached hydrogens (tertiary/aromatic N) is 2. The minimum atomic E-state index is -0.711. The highest BCUT2D eigenvalue weighted by Crippen LogP contribution is 2.14. The largest absolute Gasteiger partial charge is 0.352 e. The maximum Gasteiger partial charge on any atom is 0.255 e. The van der Waals surface area contributed by atoms with Crippen molar-refractivity contribution in [1.29, 1.82) is 0 Å². The normalized spacial score (nSPS) is 20.0. The Morgan fingerprint density at radius 3 is 3.17 bits per heavy atom. The number of amides is 1. The van der Waals surface area contributed by atoms with Gasteiger partial charge in [-0.3, -0.25) is 4.79 Å². The fourth-order valence-corrected chi connectivity index (χ4v) is 2.25. The van der Waals surface area contributed by atoms with Gasteiger partial charge in [-0.05, 0) is 37.6 Å². The molecule has 1 aromatic rings. The number of likely N-dealkylation sites (tertiary alicyclic amines) is 1. The Balaban J connectivity index is 1.84. The molecule has 18 heavy (non-hydrogen) atoms. The van der Waals surface area contributed by atoms with E-state index in [9.17, 15) is 9.18 Å². The first kappa shape index (κ1) is 13.0. The number of halogens is 1. The molecule has 0 bridgehead atoms. The molecule has 98 valence electrons. The summed E-state index contributed by atoms with van der Waals surface area (Å²) in [5.41, 5.74) is 0.0165. The molecule has 0 saturated carbocycles. The van der Waals surface area contributed by atoms with Crippen LogP contribution >= 0.6 is 0 Å². The topological polar surface area (TPSA) is 45.2 Å². The number of rotatable bonds is 4. The lowest BCUT2D eigenvalue weighted by Crippen LogP contribution is -2.31. The van der Waals surface area contributed by atoms with E-state index in [0.29, 0.717) is 12.5 Å². The first-order chi connectivity index (χ1) is 8.70. The molecule has 0 aliphatic carbocycles. The van der Waals surface area contributed by atoms with Crippen molar-refractivity contribution in [2.24, 2.45) is 5.92 Å². The van der Waals surface area contributed by atoms with Crippen molar-refractivity contribution < 1.29 is 9.18 Å². The molecule has 1 N–H and O–H groups in total. The van der Waals surface area contributed by atoms with Gasteiger partial charge in [0.1, 0.15) is 0 Å². The Hall–Kier alpha value is -1.49. The number of hydrogen-bond acceptors (Lipinski definition) is 3. The summed E-state index contributed by atoms with van der Waals surface area (Å²) in [7, 11) is 0. The summed E-state index contributed by atoms with van der Waals surface area (Å²) in [5, 5.41) is 2.78. The van der Waals surface area contributed by atoms with E-state index in [4.69, 9.17) is 0 Å². The zero-order valence-electron chi connectivity index (χ0n) is 10.5. The quantitative estimate of drug-likeness (QED) is 0.820. The van der Waals surface area contributed by atoms with Crippen molar-refractivity contribution in [3.8, 4) is 0 Å². The SMILES string of the molecule is CCN1CCC(CNC(=O)c2cccnc2F)C1. The molecule has 0 spiro atoms. The lowest BCUT2D eigenvalue weighted by Gasteiger charge is -2.13. The molecular weight excluding hydrogens is 233 g/mol. The van der Waals surface area contributed by atoms with Gasteiger partial charge in [0, 0.05) is 19.3 Å². The third kappa shape index (κ3) is 3.04. The van der Waals surface area contributed by atoms with Gasteiger partial charge in [-0.2, -0.15) is 4.39 Å². The second kappa shape index (κ2) is 5.91. The van der Waals surface area contributed by atoms with Crippen molar-refractivity contribution in [1.82, 2.24) is 15.2 Å². The van der Waals surface area contributed by atoms with E-state index in [-0.39, 0.29) is 11.5 Å². The van der Waals surface area contributed by atoms with E-state index in [0.717, 1.165) is 26.1 Å². The van der Waals surface area contributed by atoms with Gasteiger partial charge in [-0.25, -0.2) is 4.98 Å². The summed E-state index contributed by atoms with van der Waals surface area (Å²) in [6, 6.07) is 3.01. The molecule has 1 fully saturated rings. The number of aromatic nitrogens is 1. The zero-order valence-corrected chi connectivity index (χ0v) is 10.5. The fraction of sp³-hybridized carbons (Fsp3) is 0.538. The van der Waals surface area contributed by atoms with Gasteiger partial charge in [0.15, 0.2) is 0 Å². The van der Waals surface area contributed by atoms with E-state index in [1.165, 1.54) is 12.3 Å². The van der Waals surface area contributed by atoms with E-state index < -0.39 is 5.95 Å². The van der Waals surface area contributed by atoms with Gasteiger partial charge in [-0.15, -0.1) is 0 Å². The van der Waals surface area contributed by atoms with Crippen LogP contribution in [0.3, 0.4) is 0 Å². The Kier molecular flexibility index (Phi) is 4.25. The van der Waals surface area contributed by atoms with Crippen LogP contribution in [-0.2, 0) is 0 Å². The number of carbonyl (C=O) groups excluding carboxylic acids is 1. The van der Waals surface area contributed by atoms with Crippen molar-refractivity contribution in [3.05, 3.63) is 29.8 Å². The summed E-state index contributed by atoms with van der Waals surface area (Å²) in [6.07, 6.45) is 2.42. The summed E-state index contributed by atoms with van der Waals surface area (Å²) in [6.45, 7) is 5.86. The van der Waals surface area contributed by atoms with Crippen molar-refractivity contribution in [3.63, 3.8) is 0 Å². The first-order valence-corrected chi connectivity index (χ1v) is 6.31.